The fourth-order valence-corrected chi connectivity index (χ4v) is 2.08. The summed E-state index contributed by atoms with van der Waals surface area (Å²) in [4.78, 5) is 35.4. The molecular weight excluding hydrogens is 403 g/mol. The van der Waals surface area contributed by atoms with E-state index in [1.807, 2.05) is 5.32 Å². The van der Waals surface area contributed by atoms with Crippen LogP contribution in [0.2, 0.25) is 0 Å². The molecule has 29 heavy (non-hydrogen) atoms. The Bertz CT molecular complexity index is 947. The molecule has 2 aromatic rings. The first-order valence-electron chi connectivity index (χ1n) is 7.96. The number of esters is 1. The minimum absolute atomic E-state index is 0.464. The van der Waals surface area contributed by atoms with E-state index in [1.54, 1.807) is 0 Å². The van der Waals surface area contributed by atoms with Gasteiger partial charge in [0.1, 0.15) is 11.6 Å². The van der Waals surface area contributed by atoms with Gasteiger partial charge >= 0.3 is 5.97 Å². The number of rotatable bonds is 6. The number of benzene rings is 2. The lowest BCUT2D eigenvalue weighted by atomic mass is 10.2. The molecule has 2 rings (SSSR count). The summed E-state index contributed by atoms with van der Waals surface area (Å²) in [5.74, 6) is -9.98. The molecule has 2 N–H and O–H groups in total. The first kappa shape index (κ1) is 21.8. The van der Waals surface area contributed by atoms with Crippen LogP contribution in [-0.4, -0.2) is 30.4 Å². The third-order valence-corrected chi connectivity index (χ3v) is 3.48. The Morgan fingerprint density at radius 1 is 0.966 bits per heavy atom. The van der Waals surface area contributed by atoms with Crippen LogP contribution in [-0.2, 0) is 14.3 Å². The highest BCUT2D eigenvalue weighted by molar-refractivity contribution is 5.96. The molecule has 0 aromatic heterocycles. The van der Waals surface area contributed by atoms with Crippen LogP contribution in [0.1, 0.15) is 17.3 Å². The molecular formula is C18H13F5N2O4. The number of hydrogen-bond donors (Lipinski definition) is 2. The molecule has 0 saturated carbocycles. The van der Waals surface area contributed by atoms with Crippen LogP contribution >= 0.6 is 0 Å². The Balaban J connectivity index is 1.88. The number of amides is 2. The van der Waals surface area contributed by atoms with Crippen molar-refractivity contribution in [2.45, 2.75) is 13.0 Å². The molecule has 11 heteroatoms. The van der Waals surface area contributed by atoms with Crippen LogP contribution in [0, 0.1) is 29.1 Å². The third kappa shape index (κ3) is 5.74. The lowest BCUT2D eigenvalue weighted by molar-refractivity contribution is -0.130. The van der Waals surface area contributed by atoms with E-state index >= 15 is 0 Å². The molecule has 2 aromatic carbocycles. The SMILES string of the molecule is CC(OC(=O)c1cc(F)cc(F)c1)C(=O)NCC(=O)Nc1ccc(F)c(F)c1F. The van der Waals surface area contributed by atoms with Crippen molar-refractivity contribution in [1.29, 1.82) is 0 Å². The molecule has 0 radical (unpaired) electrons. The van der Waals surface area contributed by atoms with Crippen molar-refractivity contribution in [2.75, 3.05) is 11.9 Å². The fourth-order valence-electron chi connectivity index (χ4n) is 2.08. The Morgan fingerprint density at radius 2 is 1.59 bits per heavy atom. The van der Waals surface area contributed by atoms with Crippen LogP contribution < -0.4 is 10.6 Å². The van der Waals surface area contributed by atoms with E-state index in [-0.39, 0.29) is 0 Å². The number of nitrogens with one attached hydrogen (secondary N) is 2. The minimum Gasteiger partial charge on any atom is -0.449 e. The van der Waals surface area contributed by atoms with Crippen LogP contribution in [0.3, 0.4) is 0 Å². The Kier molecular flexibility index (Phi) is 6.86. The fraction of sp³-hybridized carbons (Fsp3) is 0.167. The van der Waals surface area contributed by atoms with Crippen molar-refractivity contribution in [3.63, 3.8) is 0 Å². The maximum absolute atomic E-state index is 13.5. The van der Waals surface area contributed by atoms with Crippen molar-refractivity contribution in [2.24, 2.45) is 0 Å². The molecule has 0 aliphatic rings. The van der Waals surface area contributed by atoms with Gasteiger partial charge in [-0.25, -0.2) is 26.7 Å². The van der Waals surface area contributed by atoms with Gasteiger partial charge in [-0.05, 0) is 31.2 Å². The number of hydrogen-bond acceptors (Lipinski definition) is 4. The average Bonchev–Trinajstić information content (AvgIpc) is 2.65. The highest BCUT2D eigenvalue weighted by atomic mass is 19.2. The van der Waals surface area contributed by atoms with Gasteiger partial charge < -0.3 is 15.4 Å². The summed E-state index contributed by atoms with van der Waals surface area (Å²) < 4.78 is 70.4. The smallest absolute Gasteiger partial charge is 0.339 e. The molecule has 154 valence electrons. The second-order valence-electron chi connectivity index (χ2n) is 5.69. The van der Waals surface area contributed by atoms with E-state index in [2.05, 4.69) is 5.32 Å². The maximum Gasteiger partial charge on any atom is 0.339 e. The van der Waals surface area contributed by atoms with Gasteiger partial charge in [-0.15, -0.1) is 0 Å². The van der Waals surface area contributed by atoms with Crippen molar-refractivity contribution in [1.82, 2.24) is 5.32 Å². The molecule has 0 aliphatic heterocycles. The molecule has 1 atom stereocenters. The molecule has 0 spiro atoms. The van der Waals surface area contributed by atoms with Crippen LogP contribution in [0.15, 0.2) is 30.3 Å². The molecule has 1 unspecified atom stereocenters. The summed E-state index contributed by atoms with van der Waals surface area (Å²) in [6.07, 6.45) is -1.44. The van der Waals surface area contributed by atoms with Gasteiger partial charge in [0.05, 0.1) is 17.8 Å². The first-order valence-corrected chi connectivity index (χ1v) is 7.96. The standard InChI is InChI=1S/C18H13F5N2O4/c1-8(29-18(28)9-4-10(19)6-11(20)5-9)17(27)24-7-14(26)25-13-3-2-12(21)15(22)16(13)23/h2-6,8H,7H2,1H3,(H,24,27)(H,25,26). The molecule has 0 fully saturated rings. The zero-order chi connectivity index (χ0) is 21.7. The van der Waals surface area contributed by atoms with E-state index < -0.39 is 70.8 Å². The molecule has 6 nitrogen and oxygen atoms in total. The number of carbonyl (C=O) groups excluding carboxylic acids is 3. The molecule has 0 saturated heterocycles. The average molecular weight is 416 g/mol. The van der Waals surface area contributed by atoms with Gasteiger partial charge in [0, 0.05) is 6.07 Å². The summed E-state index contributed by atoms with van der Waals surface area (Å²) in [6, 6.07) is 3.35. The number of halogens is 5. The topological polar surface area (TPSA) is 84.5 Å². The van der Waals surface area contributed by atoms with E-state index in [1.165, 1.54) is 0 Å². The van der Waals surface area contributed by atoms with E-state index in [9.17, 15) is 36.3 Å². The highest BCUT2D eigenvalue weighted by Crippen LogP contribution is 2.19. The lowest BCUT2D eigenvalue weighted by Crippen LogP contribution is -2.40. The summed E-state index contributed by atoms with van der Waals surface area (Å²) >= 11 is 0. The maximum atomic E-state index is 13.5. The van der Waals surface area contributed by atoms with Crippen molar-refractivity contribution in [3.8, 4) is 0 Å². The van der Waals surface area contributed by atoms with Gasteiger partial charge in [-0.3, -0.25) is 9.59 Å². The summed E-state index contributed by atoms with van der Waals surface area (Å²) in [7, 11) is 0. The van der Waals surface area contributed by atoms with E-state index in [0.717, 1.165) is 13.0 Å². The Hall–Kier alpha value is -3.50. The normalized spacial score (nSPS) is 11.5. The second kappa shape index (κ2) is 9.13. The van der Waals surface area contributed by atoms with Crippen molar-refractivity contribution in [3.05, 3.63) is 65.0 Å². The number of ether oxygens (including phenoxy) is 1. The monoisotopic (exact) mass is 416 g/mol. The summed E-state index contributed by atoms with van der Waals surface area (Å²) in [5, 5.41) is 3.99. The van der Waals surface area contributed by atoms with Gasteiger partial charge in [0.25, 0.3) is 5.91 Å². The summed E-state index contributed by atoms with van der Waals surface area (Å²) in [6.45, 7) is 0.420. The molecule has 2 amide bonds. The van der Waals surface area contributed by atoms with Gasteiger partial charge in [-0.1, -0.05) is 0 Å². The third-order valence-electron chi connectivity index (χ3n) is 3.48. The second-order valence-corrected chi connectivity index (χ2v) is 5.69. The molecule has 0 bridgehead atoms. The quantitative estimate of drug-likeness (QED) is 0.431. The predicted molar refractivity (Wildman–Crippen MR) is 89.2 cm³/mol. The Labute approximate surface area is 160 Å². The van der Waals surface area contributed by atoms with Crippen LogP contribution in [0.5, 0.6) is 0 Å². The number of carbonyl (C=O) groups is 3. The van der Waals surface area contributed by atoms with E-state index in [4.69, 9.17) is 4.74 Å². The first-order chi connectivity index (χ1) is 13.6. The molecule has 0 aliphatic carbocycles. The predicted octanol–water partition coefficient (Wildman–Crippen LogP) is 2.68. The van der Waals surface area contributed by atoms with Gasteiger partial charge in [0.15, 0.2) is 23.6 Å². The minimum atomic E-state index is -1.78. The number of anilines is 1. The lowest BCUT2D eigenvalue weighted by Gasteiger charge is -2.14. The zero-order valence-corrected chi connectivity index (χ0v) is 14.7. The summed E-state index contributed by atoms with van der Waals surface area (Å²) in [5.41, 5.74) is -1.11. The van der Waals surface area contributed by atoms with Gasteiger partial charge in [-0.2, -0.15) is 0 Å². The van der Waals surface area contributed by atoms with Gasteiger partial charge in [0.2, 0.25) is 5.91 Å². The highest BCUT2D eigenvalue weighted by Gasteiger charge is 2.21. The van der Waals surface area contributed by atoms with Crippen LogP contribution in [0.25, 0.3) is 0 Å². The Morgan fingerprint density at radius 3 is 2.21 bits per heavy atom. The largest absolute Gasteiger partial charge is 0.449 e. The van der Waals surface area contributed by atoms with Crippen molar-refractivity contribution >= 4 is 23.5 Å². The zero-order valence-electron chi connectivity index (χ0n) is 14.7. The van der Waals surface area contributed by atoms with E-state index in [0.29, 0.717) is 24.3 Å². The van der Waals surface area contributed by atoms with Crippen molar-refractivity contribution < 1.29 is 41.1 Å². The van der Waals surface area contributed by atoms with Crippen LogP contribution in [0.4, 0.5) is 27.6 Å². The molecule has 0 heterocycles.